The molecule has 0 saturated carbocycles. The van der Waals surface area contributed by atoms with Gasteiger partial charge in [-0.3, -0.25) is 4.79 Å². The lowest BCUT2D eigenvalue weighted by molar-refractivity contribution is -0.142. The number of carbonyl (C=O) groups excluding carboxylic acids is 1. The van der Waals surface area contributed by atoms with Gasteiger partial charge >= 0.3 is 5.97 Å². The summed E-state index contributed by atoms with van der Waals surface area (Å²) < 4.78 is 5.16. The molecule has 3 heteroatoms. The molecular weight excluding hydrogens is 256 g/mol. The quantitative estimate of drug-likeness (QED) is 0.581. The third-order valence-electron chi connectivity index (χ3n) is 3.45. The van der Waals surface area contributed by atoms with Gasteiger partial charge in [-0.25, -0.2) is 0 Å². The maximum Gasteiger partial charge on any atom is 0.319 e. The standard InChI is InChI=1S/C16H22O2S/c1-3-6-15(16(17)18-4-2)19-14-10-9-12-7-5-8-13(12)11-14/h9-11,15H,3-8H2,1-2H3. The van der Waals surface area contributed by atoms with E-state index in [9.17, 15) is 4.79 Å². The first-order valence-electron chi connectivity index (χ1n) is 7.19. The lowest BCUT2D eigenvalue weighted by Crippen LogP contribution is -2.20. The van der Waals surface area contributed by atoms with Crippen molar-refractivity contribution in [2.24, 2.45) is 0 Å². The summed E-state index contributed by atoms with van der Waals surface area (Å²) in [5, 5.41) is -0.0654. The van der Waals surface area contributed by atoms with Gasteiger partial charge in [0.05, 0.1) is 6.61 Å². The molecule has 104 valence electrons. The molecule has 0 amide bonds. The maximum atomic E-state index is 11.9. The third kappa shape index (κ3) is 3.75. The number of rotatable bonds is 6. The first-order valence-corrected chi connectivity index (χ1v) is 8.07. The van der Waals surface area contributed by atoms with E-state index in [4.69, 9.17) is 4.74 Å². The van der Waals surface area contributed by atoms with E-state index < -0.39 is 0 Å². The molecule has 0 radical (unpaired) electrons. The average molecular weight is 278 g/mol. The summed E-state index contributed by atoms with van der Waals surface area (Å²) in [7, 11) is 0. The summed E-state index contributed by atoms with van der Waals surface area (Å²) in [6.07, 6.45) is 5.53. The molecule has 0 aliphatic heterocycles. The Labute approximate surface area is 119 Å². The fourth-order valence-electron chi connectivity index (χ4n) is 2.51. The molecule has 1 aromatic carbocycles. The second-order valence-corrected chi connectivity index (χ2v) is 6.21. The van der Waals surface area contributed by atoms with Gasteiger partial charge in [0.2, 0.25) is 0 Å². The van der Waals surface area contributed by atoms with Crippen LogP contribution in [0.5, 0.6) is 0 Å². The number of hydrogen-bond donors (Lipinski definition) is 0. The first kappa shape index (κ1) is 14.4. The summed E-state index contributed by atoms with van der Waals surface area (Å²) >= 11 is 1.65. The Morgan fingerprint density at radius 2 is 2.11 bits per heavy atom. The van der Waals surface area contributed by atoms with Crippen molar-refractivity contribution in [2.45, 2.75) is 56.1 Å². The van der Waals surface area contributed by atoms with Crippen molar-refractivity contribution >= 4 is 17.7 Å². The second kappa shape index (κ2) is 6.99. The predicted molar refractivity (Wildman–Crippen MR) is 79.7 cm³/mol. The third-order valence-corrected chi connectivity index (χ3v) is 4.69. The molecule has 0 aromatic heterocycles. The molecule has 0 saturated heterocycles. The summed E-state index contributed by atoms with van der Waals surface area (Å²) in [4.78, 5) is 13.1. The van der Waals surface area contributed by atoms with Gasteiger partial charge in [0.25, 0.3) is 0 Å². The van der Waals surface area contributed by atoms with Crippen molar-refractivity contribution in [1.29, 1.82) is 0 Å². The number of aryl methyl sites for hydroxylation is 2. The van der Waals surface area contributed by atoms with Crippen molar-refractivity contribution in [3.63, 3.8) is 0 Å². The zero-order valence-corrected chi connectivity index (χ0v) is 12.6. The van der Waals surface area contributed by atoms with E-state index in [-0.39, 0.29) is 11.2 Å². The Bertz CT molecular complexity index is 442. The predicted octanol–water partition coefficient (Wildman–Crippen LogP) is 4.00. The maximum absolute atomic E-state index is 11.9. The van der Waals surface area contributed by atoms with Crippen molar-refractivity contribution in [3.05, 3.63) is 29.3 Å². The molecule has 1 aromatic rings. The van der Waals surface area contributed by atoms with Crippen LogP contribution in [-0.2, 0) is 22.4 Å². The first-order chi connectivity index (χ1) is 9.24. The second-order valence-electron chi connectivity index (χ2n) is 4.93. The fourth-order valence-corrected chi connectivity index (χ4v) is 3.71. The van der Waals surface area contributed by atoms with Crippen LogP contribution < -0.4 is 0 Å². The molecule has 1 unspecified atom stereocenters. The zero-order chi connectivity index (χ0) is 13.7. The molecule has 0 heterocycles. The van der Waals surface area contributed by atoms with Crippen LogP contribution in [0.1, 0.15) is 44.2 Å². The number of esters is 1. The van der Waals surface area contributed by atoms with Gasteiger partial charge in [-0.15, -0.1) is 11.8 Å². The van der Waals surface area contributed by atoms with E-state index in [2.05, 4.69) is 25.1 Å². The van der Waals surface area contributed by atoms with Crippen molar-refractivity contribution in [1.82, 2.24) is 0 Å². The largest absolute Gasteiger partial charge is 0.465 e. The molecule has 1 aliphatic carbocycles. The van der Waals surface area contributed by atoms with Gasteiger partial charge in [-0.2, -0.15) is 0 Å². The number of benzene rings is 1. The van der Waals surface area contributed by atoms with Crippen LogP contribution in [0.15, 0.2) is 23.1 Å². The van der Waals surface area contributed by atoms with E-state index in [1.165, 1.54) is 35.3 Å². The number of hydrogen-bond acceptors (Lipinski definition) is 3. The van der Waals surface area contributed by atoms with Gasteiger partial charge in [0.15, 0.2) is 0 Å². The van der Waals surface area contributed by atoms with Crippen LogP contribution in [0.4, 0.5) is 0 Å². The Hall–Kier alpha value is -0.960. The van der Waals surface area contributed by atoms with Gasteiger partial charge in [-0.1, -0.05) is 19.4 Å². The molecular formula is C16H22O2S. The smallest absolute Gasteiger partial charge is 0.319 e. The minimum atomic E-state index is -0.0742. The minimum absolute atomic E-state index is 0.0654. The van der Waals surface area contributed by atoms with Crippen LogP contribution in [0.3, 0.4) is 0 Å². The number of ether oxygens (including phenoxy) is 1. The Morgan fingerprint density at radius 3 is 2.84 bits per heavy atom. The minimum Gasteiger partial charge on any atom is -0.465 e. The Kier molecular flexibility index (Phi) is 5.32. The molecule has 1 aliphatic rings. The van der Waals surface area contributed by atoms with Gasteiger partial charge < -0.3 is 4.74 Å². The van der Waals surface area contributed by atoms with E-state index in [1.807, 2.05) is 6.92 Å². The Balaban J connectivity index is 2.06. The summed E-state index contributed by atoms with van der Waals surface area (Å²) in [6, 6.07) is 6.63. The van der Waals surface area contributed by atoms with Gasteiger partial charge in [0, 0.05) is 4.90 Å². The van der Waals surface area contributed by atoms with Crippen LogP contribution in [-0.4, -0.2) is 17.8 Å². The molecule has 2 nitrogen and oxygen atoms in total. The highest BCUT2D eigenvalue weighted by molar-refractivity contribution is 8.00. The highest BCUT2D eigenvalue weighted by Gasteiger charge is 2.21. The molecule has 1 atom stereocenters. The highest BCUT2D eigenvalue weighted by Crippen LogP contribution is 2.31. The Morgan fingerprint density at radius 1 is 1.32 bits per heavy atom. The monoisotopic (exact) mass is 278 g/mol. The van der Waals surface area contributed by atoms with E-state index in [1.54, 1.807) is 11.8 Å². The lowest BCUT2D eigenvalue weighted by atomic mass is 10.1. The topological polar surface area (TPSA) is 26.3 Å². The molecule has 0 fully saturated rings. The molecule has 19 heavy (non-hydrogen) atoms. The van der Waals surface area contributed by atoms with E-state index >= 15 is 0 Å². The fraction of sp³-hybridized carbons (Fsp3) is 0.562. The highest BCUT2D eigenvalue weighted by atomic mass is 32.2. The van der Waals surface area contributed by atoms with Crippen molar-refractivity contribution in [2.75, 3.05) is 6.61 Å². The molecule has 2 rings (SSSR count). The number of carbonyl (C=O) groups is 1. The van der Waals surface area contributed by atoms with Crippen molar-refractivity contribution < 1.29 is 9.53 Å². The zero-order valence-electron chi connectivity index (χ0n) is 11.8. The van der Waals surface area contributed by atoms with Crippen LogP contribution in [0.2, 0.25) is 0 Å². The van der Waals surface area contributed by atoms with Crippen LogP contribution >= 0.6 is 11.8 Å². The van der Waals surface area contributed by atoms with Crippen molar-refractivity contribution in [3.8, 4) is 0 Å². The average Bonchev–Trinajstić information content (AvgIpc) is 2.86. The summed E-state index contributed by atoms with van der Waals surface area (Å²) in [5.74, 6) is -0.0742. The van der Waals surface area contributed by atoms with Gasteiger partial charge in [-0.05, 0) is 55.9 Å². The van der Waals surface area contributed by atoms with E-state index in [0.29, 0.717) is 6.61 Å². The van der Waals surface area contributed by atoms with Crippen LogP contribution in [0, 0.1) is 0 Å². The van der Waals surface area contributed by atoms with E-state index in [0.717, 1.165) is 12.8 Å². The molecule has 0 bridgehead atoms. The number of thioether (sulfide) groups is 1. The molecule has 0 N–H and O–H groups in total. The SMILES string of the molecule is CCCC(Sc1ccc2c(c1)CCC2)C(=O)OCC. The van der Waals surface area contributed by atoms with Gasteiger partial charge in [0.1, 0.15) is 5.25 Å². The molecule has 0 spiro atoms. The summed E-state index contributed by atoms with van der Waals surface area (Å²) in [6.45, 7) is 4.43. The summed E-state index contributed by atoms with van der Waals surface area (Å²) in [5.41, 5.74) is 2.94. The normalized spacial score (nSPS) is 15.1. The van der Waals surface area contributed by atoms with Crippen LogP contribution in [0.25, 0.3) is 0 Å². The number of fused-ring (bicyclic) bond motifs is 1. The lowest BCUT2D eigenvalue weighted by Gasteiger charge is -2.15.